The molecule has 33 heavy (non-hydrogen) atoms. The number of hydrogen-bond acceptors (Lipinski definition) is 4. The smallest absolute Gasteiger partial charge is 0.258 e. The molecule has 0 bridgehead atoms. The van der Waals surface area contributed by atoms with Crippen LogP contribution >= 0.6 is 50.5 Å². The molecule has 0 fully saturated rings. The second kappa shape index (κ2) is 9.23. The van der Waals surface area contributed by atoms with Gasteiger partial charge in [0.1, 0.15) is 0 Å². The summed E-state index contributed by atoms with van der Waals surface area (Å²) < 4.78 is 0.996. The van der Waals surface area contributed by atoms with E-state index in [9.17, 15) is 4.79 Å². The van der Waals surface area contributed by atoms with Crippen LogP contribution in [0.1, 0.15) is 10.4 Å². The van der Waals surface area contributed by atoms with Gasteiger partial charge in [-0.2, -0.15) is 0 Å². The number of pyridine rings is 1. The van der Waals surface area contributed by atoms with Crippen LogP contribution in [0.5, 0.6) is 0 Å². The van der Waals surface area contributed by atoms with Crippen LogP contribution in [0.3, 0.4) is 0 Å². The number of nitrogens with one attached hydrogen (secondary N) is 1. The first-order valence-electron chi connectivity index (χ1n) is 9.86. The van der Waals surface area contributed by atoms with Crippen molar-refractivity contribution in [1.29, 1.82) is 0 Å². The van der Waals surface area contributed by atoms with Gasteiger partial charge in [0.2, 0.25) is 0 Å². The summed E-state index contributed by atoms with van der Waals surface area (Å²) in [5, 5.41) is 7.12. The first-order valence-corrected chi connectivity index (χ1v) is 12.3. The maximum absolute atomic E-state index is 13.3. The van der Waals surface area contributed by atoms with E-state index in [0.717, 1.165) is 21.1 Å². The SMILES string of the molecule is O=C(Nc1nc(-c2ccc(Br)cc2)cs1)c1cc(-c2ccc(Cl)cc2Cl)nc2ccccc12. The molecule has 4 nitrogen and oxygen atoms in total. The molecule has 2 heterocycles. The molecule has 0 saturated heterocycles. The molecule has 0 aliphatic carbocycles. The topological polar surface area (TPSA) is 54.9 Å². The lowest BCUT2D eigenvalue weighted by Crippen LogP contribution is -2.13. The van der Waals surface area contributed by atoms with Gasteiger partial charge < -0.3 is 0 Å². The first-order chi connectivity index (χ1) is 16.0. The third kappa shape index (κ3) is 4.66. The second-order valence-electron chi connectivity index (χ2n) is 7.20. The summed E-state index contributed by atoms with van der Waals surface area (Å²) in [6, 6.07) is 22.3. The summed E-state index contributed by atoms with van der Waals surface area (Å²) in [7, 11) is 0. The number of anilines is 1. The number of fused-ring (bicyclic) bond motifs is 1. The minimum atomic E-state index is -0.267. The number of para-hydroxylation sites is 1. The minimum absolute atomic E-state index is 0.267. The lowest BCUT2D eigenvalue weighted by molar-refractivity contribution is 0.102. The molecule has 0 aliphatic heterocycles. The Hall–Kier alpha value is -2.77. The van der Waals surface area contributed by atoms with Gasteiger partial charge in [-0.15, -0.1) is 11.3 Å². The number of hydrogen-bond donors (Lipinski definition) is 1. The van der Waals surface area contributed by atoms with Crippen molar-refractivity contribution >= 4 is 72.4 Å². The predicted octanol–water partition coefficient (Wildman–Crippen LogP) is 8.35. The van der Waals surface area contributed by atoms with E-state index in [2.05, 4.69) is 26.2 Å². The van der Waals surface area contributed by atoms with Crippen LogP contribution in [0.4, 0.5) is 5.13 Å². The van der Waals surface area contributed by atoms with Crippen molar-refractivity contribution in [3.05, 3.63) is 98.3 Å². The highest BCUT2D eigenvalue weighted by molar-refractivity contribution is 9.10. The molecule has 5 aromatic rings. The molecule has 162 valence electrons. The molecule has 0 atom stereocenters. The second-order valence-corrected chi connectivity index (χ2v) is 9.81. The highest BCUT2D eigenvalue weighted by Gasteiger charge is 2.17. The molecule has 0 aliphatic rings. The monoisotopic (exact) mass is 553 g/mol. The van der Waals surface area contributed by atoms with E-state index in [-0.39, 0.29) is 5.91 Å². The highest BCUT2D eigenvalue weighted by Crippen LogP contribution is 2.32. The van der Waals surface area contributed by atoms with Crippen molar-refractivity contribution in [1.82, 2.24) is 9.97 Å². The Bertz CT molecular complexity index is 1500. The summed E-state index contributed by atoms with van der Waals surface area (Å²) in [6.45, 7) is 0. The fourth-order valence-electron chi connectivity index (χ4n) is 3.45. The molecule has 0 unspecified atom stereocenters. The van der Waals surface area contributed by atoms with Gasteiger partial charge in [0.25, 0.3) is 5.91 Å². The van der Waals surface area contributed by atoms with Crippen LogP contribution in [-0.2, 0) is 0 Å². The highest BCUT2D eigenvalue weighted by atomic mass is 79.9. The van der Waals surface area contributed by atoms with E-state index >= 15 is 0 Å². The molecular formula is C25H14BrCl2N3OS. The average Bonchev–Trinajstić information content (AvgIpc) is 3.27. The molecule has 3 aromatic carbocycles. The molecule has 0 spiro atoms. The van der Waals surface area contributed by atoms with E-state index in [1.165, 1.54) is 11.3 Å². The van der Waals surface area contributed by atoms with E-state index < -0.39 is 0 Å². The minimum Gasteiger partial charge on any atom is -0.298 e. The average molecular weight is 555 g/mol. The molecule has 8 heteroatoms. The Kier molecular flexibility index (Phi) is 6.17. The Morgan fingerprint density at radius 2 is 1.70 bits per heavy atom. The summed E-state index contributed by atoms with van der Waals surface area (Å²) >= 11 is 17.3. The summed E-state index contributed by atoms with van der Waals surface area (Å²) in [5.74, 6) is -0.267. The third-order valence-corrected chi connectivity index (χ3v) is 6.87. The maximum atomic E-state index is 13.3. The van der Waals surface area contributed by atoms with E-state index in [1.807, 2.05) is 53.9 Å². The Morgan fingerprint density at radius 1 is 0.909 bits per heavy atom. The van der Waals surface area contributed by atoms with Gasteiger partial charge in [-0.25, -0.2) is 9.97 Å². The number of carbonyl (C=O) groups excluding carboxylic acids is 1. The summed E-state index contributed by atoms with van der Waals surface area (Å²) in [5.41, 5.74) is 4.26. The Labute approximate surface area is 212 Å². The number of rotatable bonds is 4. The summed E-state index contributed by atoms with van der Waals surface area (Å²) in [6.07, 6.45) is 0. The number of carbonyl (C=O) groups is 1. The van der Waals surface area contributed by atoms with Gasteiger partial charge in [0, 0.05) is 31.4 Å². The van der Waals surface area contributed by atoms with Gasteiger partial charge in [-0.1, -0.05) is 69.5 Å². The van der Waals surface area contributed by atoms with Crippen LogP contribution < -0.4 is 5.32 Å². The van der Waals surface area contributed by atoms with Gasteiger partial charge >= 0.3 is 0 Å². The predicted molar refractivity (Wildman–Crippen MR) is 140 cm³/mol. The molecule has 5 rings (SSSR count). The number of benzene rings is 3. The van der Waals surface area contributed by atoms with Crippen molar-refractivity contribution < 1.29 is 4.79 Å². The van der Waals surface area contributed by atoms with Crippen molar-refractivity contribution in [2.24, 2.45) is 0 Å². The van der Waals surface area contributed by atoms with Gasteiger partial charge in [-0.05, 0) is 42.5 Å². The van der Waals surface area contributed by atoms with E-state index in [0.29, 0.717) is 37.5 Å². The van der Waals surface area contributed by atoms with Crippen LogP contribution in [0.15, 0.2) is 82.6 Å². The van der Waals surface area contributed by atoms with Crippen molar-refractivity contribution in [2.75, 3.05) is 5.32 Å². The number of thiazole rings is 1. The molecule has 1 N–H and O–H groups in total. The largest absolute Gasteiger partial charge is 0.298 e. The molecular weight excluding hydrogens is 541 g/mol. The van der Waals surface area contributed by atoms with E-state index in [4.69, 9.17) is 28.2 Å². The molecule has 0 saturated carbocycles. The van der Waals surface area contributed by atoms with Gasteiger partial charge in [0.15, 0.2) is 5.13 Å². The van der Waals surface area contributed by atoms with Crippen LogP contribution in [0.25, 0.3) is 33.4 Å². The maximum Gasteiger partial charge on any atom is 0.258 e. The number of halogens is 3. The quantitative estimate of drug-likeness (QED) is 0.243. The number of amides is 1. The first kappa shape index (κ1) is 22.0. The molecule has 0 radical (unpaired) electrons. The van der Waals surface area contributed by atoms with Gasteiger partial charge in [-0.3, -0.25) is 10.1 Å². The normalized spacial score (nSPS) is 11.0. The zero-order chi connectivity index (χ0) is 22.9. The zero-order valence-corrected chi connectivity index (χ0v) is 20.8. The molecule has 2 aromatic heterocycles. The Morgan fingerprint density at radius 3 is 2.48 bits per heavy atom. The lowest BCUT2D eigenvalue weighted by atomic mass is 10.0. The third-order valence-electron chi connectivity index (χ3n) is 5.03. The standard InChI is InChI=1S/C25H14BrCl2N3OS/c26-15-7-5-14(6-8-15)23-13-33-25(30-23)31-24(32)19-12-22(18-10-9-16(27)11-20(18)28)29-21-4-2-1-3-17(19)21/h1-13H,(H,30,31,32). The van der Waals surface area contributed by atoms with Crippen molar-refractivity contribution in [3.63, 3.8) is 0 Å². The van der Waals surface area contributed by atoms with Crippen LogP contribution in [-0.4, -0.2) is 15.9 Å². The number of nitrogens with zero attached hydrogens (tertiary/aromatic N) is 2. The van der Waals surface area contributed by atoms with Crippen molar-refractivity contribution in [3.8, 4) is 22.5 Å². The summed E-state index contributed by atoms with van der Waals surface area (Å²) in [4.78, 5) is 22.6. The van der Waals surface area contributed by atoms with E-state index in [1.54, 1.807) is 24.3 Å². The fourth-order valence-corrected chi connectivity index (χ4v) is 4.93. The fraction of sp³-hybridized carbons (Fsp3) is 0. The Balaban J connectivity index is 1.51. The van der Waals surface area contributed by atoms with Crippen molar-refractivity contribution in [2.45, 2.75) is 0 Å². The number of aromatic nitrogens is 2. The van der Waals surface area contributed by atoms with Crippen LogP contribution in [0.2, 0.25) is 10.0 Å². The molecule has 1 amide bonds. The zero-order valence-electron chi connectivity index (χ0n) is 16.9. The lowest BCUT2D eigenvalue weighted by Gasteiger charge is -2.11. The van der Waals surface area contributed by atoms with Crippen LogP contribution in [0, 0.1) is 0 Å². The van der Waals surface area contributed by atoms with Gasteiger partial charge in [0.05, 0.1) is 27.5 Å².